The summed E-state index contributed by atoms with van der Waals surface area (Å²) < 4.78 is 14.5. The van der Waals surface area contributed by atoms with Crippen LogP contribution in [0, 0.1) is 5.82 Å². The Labute approximate surface area is 144 Å². The number of rotatable bonds is 5. The van der Waals surface area contributed by atoms with Crippen molar-refractivity contribution in [2.45, 2.75) is 26.3 Å². The van der Waals surface area contributed by atoms with Crippen LogP contribution in [0.2, 0.25) is 0 Å². The zero-order valence-corrected chi connectivity index (χ0v) is 14.0. The summed E-state index contributed by atoms with van der Waals surface area (Å²) in [5.41, 5.74) is 0.617. The molecule has 0 saturated heterocycles. The van der Waals surface area contributed by atoms with Crippen LogP contribution in [0.4, 0.5) is 10.1 Å². The molecule has 0 aliphatic carbocycles. The molecule has 0 aliphatic heterocycles. The molecule has 3 aromatic rings. The number of carbonyl (C=O) groups is 1. The smallest absolute Gasteiger partial charge is 0.272 e. The fourth-order valence-corrected chi connectivity index (χ4v) is 2.75. The number of fused-ring (bicyclic) bond motifs is 1. The monoisotopic (exact) mass is 338 g/mol. The molecule has 0 radical (unpaired) electrons. The van der Waals surface area contributed by atoms with Crippen LogP contribution < -0.4 is 10.9 Å². The van der Waals surface area contributed by atoms with Crippen molar-refractivity contribution in [2.75, 3.05) is 5.32 Å². The van der Waals surface area contributed by atoms with Crippen LogP contribution in [0.15, 0.2) is 59.4 Å². The van der Waals surface area contributed by atoms with Gasteiger partial charge in [0.25, 0.3) is 11.5 Å². The molecular formula is C20H19FN2O2. The second-order valence-corrected chi connectivity index (χ2v) is 5.89. The first kappa shape index (κ1) is 16.9. The van der Waals surface area contributed by atoms with Crippen LogP contribution in [0.1, 0.15) is 30.3 Å². The maximum Gasteiger partial charge on any atom is 0.272 e. The van der Waals surface area contributed by atoms with Crippen LogP contribution in [-0.4, -0.2) is 10.5 Å². The number of pyridine rings is 1. The van der Waals surface area contributed by atoms with E-state index in [2.05, 4.69) is 5.32 Å². The number of unbranched alkanes of at least 4 members (excludes halogenated alkanes) is 1. The SMILES string of the molecule is CCCCn1c(C(=O)Nc2ccc(F)cc2)cc2ccccc2c1=O. The Balaban J connectivity index is 2.04. The van der Waals surface area contributed by atoms with E-state index in [9.17, 15) is 14.0 Å². The summed E-state index contributed by atoms with van der Waals surface area (Å²) in [7, 11) is 0. The minimum Gasteiger partial charge on any atom is -0.321 e. The van der Waals surface area contributed by atoms with Gasteiger partial charge in [-0.3, -0.25) is 9.59 Å². The van der Waals surface area contributed by atoms with Crippen molar-refractivity contribution in [1.82, 2.24) is 4.57 Å². The number of carbonyl (C=O) groups excluding carboxylic acids is 1. The highest BCUT2D eigenvalue weighted by molar-refractivity contribution is 6.05. The zero-order valence-electron chi connectivity index (χ0n) is 14.0. The summed E-state index contributed by atoms with van der Waals surface area (Å²) in [6, 6.07) is 14.5. The molecule has 25 heavy (non-hydrogen) atoms. The second kappa shape index (κ2) is 7.30. The number of aromatic nitrogens is 1. The fraction of sp³-hybridized carbons (Fsp3) is 0.200. The van der Waals surface area contributed by atoms with Gasteiger partial charge in [-0.1, -0.05) is 31.5 Å². The number of anilines is 1. The van der Waals surface area contributed by atoms with E-state index in [4.69, 9.17) is 0 Å². The third-order valence-electron chi connectivity index (χ3n) is 4.09. The Bertz CT molecular complexity index is 962. The minimum atomic E-state index is -0.384. The van der Waals surface area contributed by atoms with Crippen molar-refractivity contribution in [3.8, 4) is 0 Å². The first-order chi connectivity index (χ1) is 12.1. The van der Waals surface area contributed by atoms with Crippen LogP contribution >= 0.6 is 0 Å². The maximum atomic E-state index is 13.0. The first-order valence-electron chi connectivity index (χ1n) is 8.29. The Hall–Kier alpha value is -2.95. The Morgan fingerprint density at radius 1 is 1.12 bits per heavy atom. The molecule has 0 fully saturated rings. The van der Waals surface area contributed by atoms with Crippen molar-refractivity contribution in [3.63, 3.8) is 0 Å². The molecule has 128 valence electrons. The first-order valence-corrected chi connectivity index (χ1v) is 8.29. The summed E-state index contributed by atoms with van der Waals surface area (Å²) >= 11 is 0. The van der Waals surface area contributed by atoms with Gasteiger partial charge in [-0.2, -0.15) is 0 Å². The molecule has 1 heterocycles. The van der Waals surface area contributed by atoms with Crippen molar-refractivity contribution >= 4 is 22.4 Å². The lowest BCUT2D eigenvalue weighted by atomic mass is 10.1. The molecule has 1 amide bonds. The van der Waals surface area contributed by atoms with E-state index < -0.39 is 0 Å². The molecule has 0 aliphatic rings. The maximum absolute atomic E-state index is 13.0. The average molecular weight is 338 g/mol. The summed E-state index contributed by atoms with van der Waals surface area (Å²) in [4.78, 5) is 25.5. The molecule has 2 aromatic carbocycles. The lowest BCUT2D eigenvalue weighted by Gasteiger charge is -2.14. The predicted molar refractivity (Wildman–Crippen MR) is 97.5 cm³/mol. The van der Waals surface area contributed by atoms with Crippen molar-refractivity contribution < 1.29 is 9.18 Å². The topological polar surface area (TPSA) is 51.1 Å². The van der Waals surface area contributed by atoms with Gasteiger partial charge >= 0.3 is 0 Å². The van der Waals surface area contributed by atoms with Gasteiger partial charge < -0.3 is 9.88 Å². The minimum absolute atomic E-state index is 0.171. The molecule has 0 bridgehead atoms. The molecule has 0 atom stereocenters. The molecule has 0 saturated carbocycles. The summed E-state index contributed by atoms with van der Waals surface area (Å²) in [5, 5.41) is 4.05. The molecule has 3 rings (SSSR count). The normalized spacial score (nSPS) is 10.8. The third-order valence-corrected chi connectivity index (χ3v) is 4.09. The van der Waals surface area contributed by atoms with Crippen molar-refractivity contribution in [1.29, 1.82) is 0 Å². The van der Waals surface area contributed by atoms with Gasteiger partial charge in [0.15, 0.2) is 0 Å². The standard InChI is InChI=1S/C20H19FN2O2/c1-2-3-12-23-18(13-14-6-4-5-7-17(14)20(23)25)19(24)22-16-10-8-15(21)9-11-16/h4-11,13H,2-3,12H2,1H3,(H,22,24). The number of hydrogen-bond acceptors (Lipinski definition) is 2. The highest BCUT2D eigenvalue weighted by Crippen LogP contribution is 2.15. The average Bonchev–Trinajstić information content (AvgIpc) is 2.62. The van der Waals surface area contributed by atoms with E-state index in [1.165, 1.54) is 28.8 Å². The molecule has 1 aromatic heterocycles. The van der Waals surface area contributed by atoms with E-state index in [-0.39, 0.29) is 17.3 Å². The lowest BCUT2D eigenvalue weighted by molar-refractivity contribution is 0.101. The fourth-order valence-electron chi connectivity index (χ4n) is 2.75. The number of nitrogens with zero attached hydrogens (tertiary/aromatic N) is 1. The molecule has 0 unspecified atom stereocenters. The van der Waals surface area contributed by atoms with Crippen molar-refractivity contribution in [2.24, 2.45) is 0 Å². The summed E-state index contributed by atoms with van der Waals surface area (Å²) in [6.45, 7) is 2.51. The number of nitrogens with one attached hydrogen (secondary N) is 1. The lowest BCUT2D eigenvalue weighted by Crippen LogP contribution is -2.29. The summed E-state index contributed by atoms with van der Waals surface area (Å²) in [6.07, 6.45) is 1.72. The largest absolute Gasteiger partial charge is 0.321 e. The van der Waals surface area contributed by atoms with E-state index in [1.54, 1.807) is 12.1 Å². The van der Waals surface area contributed by atoms with E-state index in [0.717, 1.165) is 18.2 Å². The van der Waals surface area contributed by atoms with Gasteiger partial charge in [-0.15, -0.1) is 0 Å². The molecule has 0 spiro atoms. The highest BCUT2D eigenvalue weighted by atomic mass is 19.1. The van der Waals surface area contributed by atoms with Crippen molar-refractivity contribution in [3.05, 3.63) is 76.5 Å². The molecule has 4 nitrogen and oxygen atoms in total. The van der Waals surface area contributed by atoms with Gasteiger partial charge in [0.2, 0.25) is 0 Å². The number of benzene rings is 2. The van der Waals surface area contributed by atoms with Gasteiger partial charge in [0.05, 0.1) is 0 Å². The number of hydrogen-bond donors (Lipinski definition) is 1. The Kier molecular flexibility index (Phi) is 4.93. The highest BCUT2D eigenvalue weighted by Gasteiger charge is 2.15. The number of halogens is 1. The zero-order chi connectivity index (χ0) is 17.8. The van der Waals surface area contributed by atoms with E-state index >= 15 is 0 Å². The van der Waals surface area contributed by atoms with Gasteiger partial charge in [0, 0.05) is 17.6 Å². The van der Waals surface area contributed by atoms with E-state index in [0.29, 0.717) is 23.3 Å². The third kappa shape index (κ3) is 3.60. The van der Waals surface area contributed by atoms with Crippen LogP contribution in [0.3, 0.4) is 0 Å². The van der Waals surface area contributed by atoms with Crippen LogP contribution in [-0.2, 0) is 6.54 Å². The van der Waals surface area contributed by atoms with Crippen LogP contribution in [0.25, 0.3) is 10.8 Å². The molecular weight excluding hydrogens is 319 g/mol. The van der Waals surface area contributed by atoms with Gasteiger partial charge in [-0.25, -0.2) is 4.39 Å². The molecule has 1 N–H and O–H groups in total. The van der Waals surface area contributed by atoms with E-state index in [1.807, 2.05) is 25.1 Å². The van der Waals surface area contributed by atoms with Crippen LogP contribution in [0.5, 0.6) is 0 Å². The summed E-state index contributed by atoms with van der Waals surface area (Å²) in [5.74, 6) is -0.755. The number of amides is 1. The van der Waals surface area contributed by atoms with Gasteiger partial charge in [0.1, 0.15) is 11.5 Å². The Morgan fingerprint density at radius 2 is 1.84 bits per heavy atom. The Morgan fingerprint density at radius 3 is 2.56 bits per heavy atom. The van der Waals surface area contributed by atoms with Gasteiger partial charge in [-0.05, 0) is 48.2 Å². The predicted octanol–water partition coefficient (Wildman–Crippen LogP) is 4.19. The molecule has 5 heteroatoms. The quantitative estimate of drug-likeness (QED) is 0.758. The second-order valence-electron chi connectivity index (χ2n) is 5.89.